The number of nitrogens with zero attached hydrogens (tertiary/aromatic N) is 3. The zero-order valence-corrected chi connectivity index (χ0v) is 13.1. The fraction of sp³-hybridized carbons (Fsp3) is 0.812. The van der Waals surface area contributed by atoms with Crippen molar-refractivity contribution in [3.63, 3.8) is 0 Å². The highest BCUT2D eigenvalue weighted by Gasteiger charge is 2.41. The minimum absolute atomic E-state index is 0.0477. The van der Waals surface area contributed by atoms with Crippen LogP contribution in [-0.4, -0.2) is 59.9 Å². The molecule has 2 saturated heterocycles. The third-order valence-electron chi connectivity index (χ3n) is 5.46. The van der Waals surface area contributed by atoms with Gasteiger partial charge in [0.1, 0.15) is 6.04 Å². The van der Waals surface area contributed by atoms with E-state index >= 15 is 0 Å². The number of nitriles is 1. The average Bonchev–Trinajstić information content (AvgIpc) is 3.17. The lowest BCUT2D eigenvalue weighted by atomic mass is 10.0. The molecule has 2 heterocycles. The van der Waals surface area contributed by atoms with E-state index in [4.69, 9.17) is 5.26 Å². The second kappa shape index (κ2) is 6.25. The number of carbonyl (C=O) groups excluding carboxylic acids is 2. The molecule has 0 aromatic heterocycles. The summed E-state index contributed by atoms with van der Waals surface area (Å²) in [6.45, 7) is 4.42. The van der Waals surface area contributed by atoms with Crippen LogP contribution in [-0.2, 0) is 9.59 Å². The lowest BCUT2D eigenvalue weighted by molar-refractivity contribution is -0.130. The molecule has 1 N–H and O–H groups in total. The number of nitrogens with one attached hydrogen (secondary N) is 1. The number of likely N-dealkylation sites (tertiary alicyclic amines) is 2. The zero-order chi connectivity index (χ0) is 15.7. The Labute approximate surface area is 131 Å². The highest BCUT2D eigenvalue weighted by atomic mass is 16.2. The van der Waals surface area contributed by atoms with Crippen molar-refractivity contribution in [1.82, 2.24) is 15.1 Å². The van der Waals surface area contributed by atoms with E-state index in [0.717, 1.165) is 38.8 Å². The lowest BCUT2D eigenvalue weighted by Crippen LogP contribution is -2.43. The third-order valence-corrected chi connectivity index (χ3v) is 5.46. The molecule has 0 spiro atoms. The van der Waals surface area contributed by atoms with Crippen LogP contribution in [0.25, 0.3) is 0 Å². The summed E-state index contributed by atoms with van der Waals surface area (Å²) in [7, 11) is 0. The van der Waals surface area contributed by atoms with Crippen molar-refractivity contribution in [3.8, 4) is 6.07 Å². The zero-order valence-electron chi connectivity index (χ0n) is 13.1. The average molecular weight is 304 g/mol. The molecule has 3 fully saturated rings. The van der Waals surface area contributed by atoms with Crippen LogP contribution in [0.5, 0.6) is 0 Å². The van der Waals surface area contributed by atoms with Gasteiger partial charge < -0.3 is 15.1 Å². The monoisotopic (exact) mass is 304 g/mol. The molecule has 3 aliphatic rings. The first-order valence-corrected chi connectivity index (χ1v) is 8.26. The first kappa shape index (κ1) is 15.3. The molecule has 0 radical (unpaired) electrons. The molecule has 1 saturated carbocycles. The number of hydrogen-bond donors (Lipinski definition) is 1. The van der Waals surface area contributed by atoms with E-state index in [1.807, 2.05) is 4.90 Å². The Bertz CT molecular complexity index is 487. The largest absolute Gasteiger partial charge is 0.342 e. The Morgan fingerprint density at radius 2 is 1.95 bits per heavy atom. The number of fused-ring (bicyclic) bond motifs is 1. The van der Waals surface area contributed by atoms with Gasteiger partial charge in [-0.15, -0.1) is 0 Å². The van der Waals surface area contributed by atoms with E-state index in [0.29, 0.717) is 31.0 Å². The van der Waals surface area contributed by atoms with Crippen molar-refractivity contribution < 1.29 is 9.59 Å². The van der Waals surface area contributed by atoms with Gasteiger partial charge in [0.15, 0.2) is 0 Å². The van der Waals surface area contributed by atoms with Crippen LogP contribution in [0.1, 0.15) is 32.6 Å². The maximum Gasteiger partial charge on any atom is 0.237 e. The molecule has 0 aromatic carbocycles. The summed E-state index contributed by atoms with van der Waals surface area (Å²) in [4.78, 5) is 27.3. The predicted molar refractivity (Wildman–Crippen MR) is 80.6 cm³/mol. The van der Waals surface area contributed by atoms with Crippen LogP contribution in [0.4, 0.5) is 0 Å². The molecule has 22 heavy (non-hydrogen) atoms. The molecule has 1 aliphatic carbocycles. The quantitative estimate of drug-likeness (QED) is 0.816. The van der Waals surface area contributed by atoms with Gasteiger partial charge in [-0.1, -0.05) is 0 Å². The van der Waals surface area contributed by atoms with Crippen molar-refractivity contribution in [2.75, 3.05) is 26.2 Å². The van der Waals surface area contributed by atoms with Crippen LogP contribution in [0, 0.1) is 23.2 Å². The van der Waals surface area contributed by atoms with Gasteiger partial charge in [-0.05, 0) is 37.5 Å². The van der Waals surface area contributed by atoms with Crippen LogP contribution in [0.2, 0.25) is 0 Å². The summed E-state index contributed by atoms with van der Waals surface area (Å²) in [5.74, 6) is 1.38. The molecule has 6 nitrogen and oxygen atoms in total. The van der Waals surface area contributed by atoms with Gasteiger partial charge >= 0.3 is 0 Å². The highest BCUT2D eigenvalue weighted by Crippen LogP contribution is 2.38. The molecule has 120 valence electrons. The molecule has 6 heteroatoms. The number of rotatable bonds is 3. The first-order valence-electron chi connectivity index (χ1n) is 8.26. The van der Waals surface area contributed by atoms with Gasteiger partial charge in [0.2, 0.25) is 11.8 Å². The third kappa shape index (κ3) is 2.95. The Morgan fingerprint density at radius 3 is 2.55 bits per heavy atom. The lowest BCUT2D eigenvalue weighted by Gasteiger charge is -2.22. The highest BCUT2D eigenvalue weighted by molar-refractivity contribution is 5.79. The summed E-state index contributed by atoms with van der Waals surface area (Å²) in [6, 6.07) is 2.35. The SMILES string of the molecule is CC(=O)N1CC2CC(NCC(=O)N3CCCC3C#N)CC2C1. The molecule has 3 atom stereocenters. The minimum atomic E-state index is -0.235. The van der Waals surface area contributed by atoms with Gasteiger partial charge in [0.05, 0.1) is 12.6 Å². The number of hydrogen-bond acceptors (Lipinski definition) is 4. The van der Waals surface area contributed by atoms with Crippen LogP contribution in [0.15, 0.2) is 0 Å². The summed E-state index contributed by atoms with van der Waals surface area (Å²) < 4.78 is 0. The van der Waals surface area contributed by atoms with E-state index in [2.05, 4.69) is 11.4 Å². The van der Waals surface area contributed by atoms with E-state index in [-0.39, 0.29) is 17.9 Å². The van der Waals surface area contributed by atoms with Crippen molar-refractivity contribution in [2.45, 2.75) is 44.7 Å². The fourth-order valence-electron chi connectivity index (χ4n) is 4.26. The van der Waals surface area contributed by atoms with Gasteiger partial charge in [0.25, 0.3) is 0 Å². The normalized spacial score (nSPS) is 33.8. The van der Waals surface area contributed by atoms with Gasteiger partial charge in [-0.2, -0.15) is 5.26 Å². The maximum absolute atomic E-state index is 12.2. The summed E-state index contributed by atoms with van der Waals surface area (Å²) in [5, 5.41) is 12.4. The Kier molecular flexibility index (Phi) is 4.34. The Balaban J connectivity index is 1.44. The summed E-state index contributed by atoms with van der Waals surface area (Å²) in [5.41, 5.74) is 0. The summed E-state index contributed by atoms with van der Waals surface area (Å²) in [6.07, 6.45) is 3.82. The second-order valence-corrected chi connectivity index (χ2v) is 6.87. The number of amides is 2. The fourth-order valence-corrected chi connectivity index (χ4v) is 4.26. The molecule has 0 bridgehead atoms. The second-order valence-electron chi connectivity index (χ2n) is 6.87. The van der Waals surface area contributed by atoms with E-state index in [1.54, 1.807) is 11.8 Å². The summed E-state index contributed by atoms with van der Waals surface area (Å²) >= 11 is 0. The topological polar surface area (TPSA) is 76.4 Å². The van der Waals surface area contributed by atoms with Crippen molar-refractivity contribution in [3.05, 3.63) is 0 Å². The first-order chi connectivity index (χ1) is 10.6. The van der Waals surface area contributed by atoms with E-state index in [1.165, 1.54) is 0 Å². The van der Waals surface area contributed by atoms with Crippen molar-refractivity contribution in [1.29, 1.82) is 5.26 Å². The molecule has 0 aromatic rings. The molecule has 3 rings (SSSR count). The molecule has 2 aliphatic heterocycles. The van der Waals surface area contributed by atoms with Crippen LogP contribution in [0.3, 0.4) is 0 Å². The molecular weight excluding hydrogens is 280 g/mol. The minimum Gasteiger partial charge on any atom is -0.342 e. The number of carbonyl (C=O) groups is 2. The maximum atomic E-state index is 12.2. The van der Waals surface area contributed by atoms with Crippen molar-refractivity contribution >= 4 is 11.8 Å². The van der Waals surface area contributed by atoms with Crippen LogP contribution < -0.4 is 5.32 Å². The standard InChI is InChI=1S/C16H24N4O2/c1-11(21)19-9-12-5-14(6-13(12)10-19)18-8-16(22)20-4-2-3-15(20)7-17/h12-15,18H,2-6,8-10H2,1H3. The van der Waals surface area contributed by atoms with Gasteiger partial charge in [-0.3, -0.25) is 9.59 Å². The molecular formula is C16H24N4O2. The van der Waals surface area contributed by atoms with Gasteiger partial charge in [-0.25, -0.2) is 0 Å². The molecule has 2 amide bonds. The predicted octanol–water partition coefficient (Wildman–Crippen LogP) is 0.347. The van der Waals surface area contributed by atoms with Crippen molar-refractivity contribution in [2.24, 2.45) is 11.8 Å². The van der Waals surface area contributed by atoms with Gasteiger partial charge in [0, 0.05) is 32.6 Å². The van der Waals surface area contributed by atoms with E-state index < -0.39 is 0 Å². The Hall–Kier alpha value is -1.61. The Morgan fingerprint density at radius 1 is 1.27 bits per heavy atom. The molecule has 3 unspecified atom stereocenters. The van der Waals surface area contributed by atoms with E-state index in [9.17, 15) is 9.59 Å². The smallest absolute Gasteiger partial charge is 0.237 e. The van der Waals surface area contributed by atoms with Crippen LogP contribution >= 0.6 is 0 Å².